The van der Waals surface area contributed by atoms with Crippen LogP contribution in [0.1, 0.15) is 24.5 Å². The van der Waals surface area contributed by atoms with Crippen LogP contribution in [-0.4, -0.2) is 26.2 Å². The largest absolute Gasteiger partial charge is 0.395 e. The van der Waals surface area contributed by atoms with Gasteiger partial charge in [0.25, 0.3) is 0 Å². The van der Waals surface area contributed by atoms with Crippen LogP contribution in [0.25, 0.3) is 0 Å². The normalized spacial score (nSPS) is 13.6. The molecule has 0 saturated carbocycles. The van der Waals surface area contributed by atoms with Gasteiger partial charge in [-0.3, -0.25) is 0 Å². The highest BCUT2D eigenvalue weighted by atomic mass is 32.2. The molecule has 1 aromatic carbocycles. The second kappa shape index (κ2) is 5.62. The van der Waals surface area contributed by atoms with E-state index < -0.39 is 16.1 Å². The van der Waals surface area contributed by atoms with Crippen LogP contribution in [0.5, 0.6) is 0 Å². The van der Waals surface area contributed by atoms with E-state index in [0.29, 0.717) is 12.0 Å². The van der Waals surface area contributed by atoms with Gasteiger partial charge in [0.05, 0.1) is 11.5 Å². The van der Waals surface area contributed by atoms with Crippen LogP contribution in [0.15, 0.2) is 23.1 Å². The molecular formula is C12H19NO3S. The molecule has 0 fully saturated rings. The summed E-state index contributed by atoms with van der Waals surface area (Å²) in [5, 5.41) is 9.02. The van der Waals surface area contributed by atoms with E-state index >= 15 is 0 Å². The molecule has 0 bridgehead atoms. The van der Waals surface area contributed by atoms with Crippen LogP contribution in [0.3, 0.4) is 0 Å². The Hall–Kier alpha value is -0.910. The standard InChI is InChI=1S/C12H19NO3S/c1-4-11(8-14)13-17(15,16)12-6-5-9(2)7-10(12)3/h5-7,11,13-14H,4,8H2,1-3H3/t11-/m1/s1. The third kappa shape index (κ3) is 3.52. The summed E-state index contributed by atoms with van der Waals surface area (Å²) in [7, 11) is -3.54. The molecule has 2 N–H and O–H groups in total. The van der Waals surface area contributed by atoms with Crippen LogP contribution in [0.4, 0.5) is 0 Å². The van der Waals surface area contributed by atoms with Gasteiger partial charge >= 0.3 is 0 Å². The van der Waals surface area contributed by atoms with Crippen molar-refractivity contribution in [3.63, 3.8) is 0 Å². The maximum atomic E-state index is 12.1. The fourth-order valence-corrected chi connectivity index (χ4v) is 3.17. The molecule has 0 aliphatic carbocycles. The summed E-state index contributed by atoms with van der Waals surface area (Å²) in [5.74, 6) is 0. The van der Waals surface area contributed by atoms with E-state index in [2.05, 4.69) is 4.72 Å². The summed E-state index contributed by atoms with van der Waals surface area (Å²) in [6.45, 7) is 5.31. The fourth-order valence-electron chi connectivity index (χ4n) is 1.63. The number of sulfonamides is 1. The highest BCUT2D eigenvalue weighted by molar-refractivity contribution is 7.89. The Morgan fingerprint density at radius 1 is 1.35 bits per heavy atom. The Balaban J connectivity index is 3.05. The predicted octanol–water partition coefficient (Wildman–Crippen LogP) is 1.35. The number of benzene rings is 1. The summed E-state index contributed by atoms with van der Waals surface area (Å²) in [6.07, 6.45) is 0.556. The highest BCUT2D eigenvalue weighted by Crippen LogP contribution is 2.16. The van der Waals surface area contributed by atoms with Crippen LogP contribution >= 0.6 is 0 Å². The zero-order valence-electron chi connectivity index (χ0n) is 10.4. The Kier molecular flexibility index (Phi) is 4.68. The lowest BCUT2D eigenvalue weighted by atomic mass is 10.2. The molecule has 4 nitrogen and oxygen atoms in total. The minimum Gasteiger partial charge on any atom is -0.395 e. The molecule has 96 valence electrons. The molecule has 1 aromatic rings. The number of hydrogen-bond donors (Lipinski definition) is 2. The lowest BCUT2D eigenvalue weighted by Crippen LogP contribution is -2.37. The summed E-state index contributed by atoms with van der Waals surface area (Å²) in [5.41, 5.74) is 1.74. The van der Waals surface area contributed by atoms with E-state index in [-0.39, 0.29) is 11.5 Å². The monoisotopic (exact) mass is 257 g/mol. The van der Waals surface area contributed by atoms with Gasteiger partial charge in [-0.05, 0) is 31.9 Å². The van der Waals surface area contributed by atoms with Crippen molar-refractivity contribution in [1.29, 1.82) is 0 Å². The smallest absolute Gasteiger partial charge is 0.241 e. The van der Waals surface area contributed by atoms with Crippen molar-refractivity contribution in [2.24, 2.45) is 0 Å². The van der Waals surface area contributed by atoms with Gasteiger partial charge < -0.3 is 5.11 Å². The first kappa shape index (κ1) is 14.2. The first-order valence-electron chi connectivity index (χ1n) is 5.61. The number of aliphatic hydroxyl groups is 1. The number of aliphatic hydroxyl groups excluding tert-OH is 1. The molecule has 0 aliphatic rings. The first-order chi connectivity index (χ1) is 7.90. The van der Waals surface area contributed by atoms with Gasteiger partial charge in [0, 0.05) is 6.04 Å². The highest BCUT2D eigenvalue weighted by Gasteiger charge is 2.20. The zero-order valence-corrected chi connectivity index (χ0v) is 11.2. The lowest BCUT2D eigenvalue weighted by molar-refractivity contribution is 0.254. The van der Waals surface area contributed by atoms with E-state index in [1.165, 1.54) is 0 Å². The predicted molar refractivity (Wildman–Crippen MR) is 67.4 cm³/mol. The Labute approximate surface area is 103 Å². The average Bonchev–Trinajstić information content (AvgIpc) is 2.25. The lowest BCUT2D eigenvalue weighted by Gasteiger charge is -2.15. The molecule has 0 aromatic heterocycles. The quantitative estimate of drug-likeness (QED) is 0.837. The van der Waals surface area contributed by atoms with Crippen LogP contribution in [0, 0.1) is 13.8 Å². The van der Waals surface area contributed by atoms with Crippen molar-refractivity contribution in [2.75, 3.05) is 6.61 Å². The minimum atomic E-state index is -3.54. The molecule has 5 heteroatoms. The Morgan fingerprint density at radius 3 is 2.47 bits per heavy atom. The van der Waals surface area contributed by atoms with Gasteiger partial charge in [-0.1, -0.05) is 24.6 Å². The molecular weight excluding hydrogens is 238 g/mol. The minimum absolute atomic E-state index is 0.194. The summed E-state index contributed by atoms with van der Waals surface area (Å²) in [6, 6.07) is 4.76. The van der Waals surface area contributed by atoms with Crippen molar-refractivity contribution in [3.05, 3.63) is 29.3 Å². The number of rotatable bonds is 5. The van der Waals surface area contributed by atoms with Gasteiger partial charge in [-0.25, -0.2) is 13.1 Å². The van der Waals surface area contributed by atoms with E-state index in [9.17, 15) is 8.42 Å². The van der Waals surface area contributed by atoms with Gasteiger partial charge in [0.15, 0.2) is 0 Å². The second-order valence-electron chi connectivity index (χ2n) is 4.18. The molecule has 0 aliphatic heterocycles. The van der Waals surface area contributed by atoms with E-state index in [1.54, 1.807) is 19.1 Å². The average molecular weight is 257 g/mol. The number of nitrogens with one attached hydrogen (secondary N) is 1. The second-order valence-corrected chi connectivity index (χ2v) is 5.86. The molecule has 1 atom stereocenters. The van der Waals surface area contributed by atoms with Gasteiger partial charge in [0.2, 0.25) is 10.0 Å². The number of hydrogen-bond acceptors (Lipinski definition) is 3. The Morgan fingerprint density at radius 2 is 2.00 bits per heavy atom. The van der Waals surface area contributed by atoms with Crippen molar-refractivity contribution in [3.8, 4) is 0 Å². The molecule has 0 heterocycles. The van der Waals surface area contributed by atoms with Crippen molar-refractivity contribution in [1.82, 2.24) is 4.72 Å². The third-order valence-corrected chi connectivity index (χ3v) is 4.34. The molecule has 0 unspecified atom stereocenters. The molecule has 0 saturated heterocycles. The molecule has 17 heavy (non-hydrogen) atoms. The number of aryl methyl sites for hydroxylation is 2. The summed E-state index contributed by atoms with van der Waals surface area (Å²) < 4.78 is 26.6. The topological polar surface area (TPSA) is 66.4 Å². The van der Waals surface area contributed by atoms with Crippen molar-refractivity contribution < 1.29 is 13.5 Å². The summed E-state index contributed by atoms with van der Waals surface area (Å²) in [4.78, 5) is 0.273. The SMILES string of the molecule is CC[C@H](CO)NS(=O)(=O)c1ccc(C)cc1C. The maximum Gasteiger partial charge on any atom is 0.241 e. The fraction of sp³-hybridized carbons (Fsp3) is 0.500. The molecule has 0 amide bonds. The maximum absolute atomic E-state index is 12.1. The van der Waals surface area contributed by atoms with Crippen LogP contribution < -0.4 is 4.72 Å². The van der Waals surface area contributed by atoms with Gasteiger partial charge in [-0.2, -0.15) is 0 Å². The van der Waals surface area contributed by atoms with Crippen LogP contribution in [-0.2, 0) is 10.0 Å². The van der Waals surface area contributed by atoms with Crippen LogP contribution in [0.2, 0.25) is 0 Å². The van der Waals surface area contributed by atoms with Gasteiger partial charge in [-0.15, -0.1) is 0 Å². The van der Waals surface area contributed by atoms with E-state index in [0.717, 1.165) is 5.56 Å². The molecule has 1 rings (SSSR count). The molecule has 0 spiro atoms. The Bertz CT molecular complexity index is 479. The summed E-state index contributed by atoms with van der Waals surface area (Å²) >= 11 is 0. The van der Waals surface area contributed by atoms with E-state index in [4.69, 9.17) is 5.11 Å². The van der Waals surface area contributed by atoms with Crippen molar-refractivity contribution in [2.45, 2.75) is 38.1 Å². The first-order valence-corrected chi connectivity index (χ1v) is 7.09. The zero-order chi connectivity index (χ0) is 13.1. The van der Waals surface area contributed by atoms with Crippen molar-refractivity contribution >= 4 is 10.0 Å². The van der Waals surface area contributed by atoms with E-state index in [1.807, 2.05) is 19.9 Å². The third-order valence-electron chi connectivity index (χ3n) is 2.65. The molecule has 0 radical (unpaired) electrons. The van der Waals surface area contributed by atoms with Gasteiger partial charge in [0.1, 0.15) is 0 Å².